The van der Waals surface area contributed by atoms with Gasteiger partial charge in [0.25, 0.3) is 5.91 Å². The van der Waals surface area contributed by atoms with E-state index in [9.17, 15) is 4.79 Å². The lowest BCUT2D eigenvalue weighted by molar-refractivity contribution is 0.0954. The molecule has 3 nitrogen and oxygen atoms in total. The third-order valence-corrected chi connectivity index (χ3v) is 5.38. The number of hydrogen-bond acceptors (Lipinski definition) is 2. The fraction of sp³-hybridized carbons (Fsp3) is 0.556. The monoisotopic (exact) mass is 284 g/mol. The van der Waals surface area contributed by atoms with Crippen LogP contribution in [0.25, 0.3) is 0 Å². The van der Waals surface area contributed by atoms with Gasteiger partial charge in [-0.25, -0.2) is 5.43 Å². The second kappa shape index (κ2) is 5.63. The SMILES string of the molecule is C/C(=N/NC(=O)c1ccc(C)c(C)c1)[C@@H]1C[C@H]2CC[C@H]1C2. The molecule has 1 aromatic rings. The van der Waals surface area contributed by atoms with Crippen LogP contribution in [0.2, 0.25) is 0 Å². The topological polar surface area (TPSA) is 41.5 Å². The van der Waals surface area contributed by atoms with Gasteiger partial charge in [0.2, 0.25) is 0 Å². The number of aryl methyl sites for hydroxylation is 2. The van der Waals surface area contributed by atoms with Gasteiger partial charge in [0.15, 0.2) is 0 Å². The highest BCUT2D eigenvalue weighted by atomic mass is 16.2. The van der Waals surface area contributed by atoms with E-state index in [2.05, 4.69) is 24.4 Å². The Hall–Kier alpha value is -1.64. The van der Waals surface area contributed by atoms with Crippen molar-refractivity contribution in [3.8, 4) is 0 Å². The first-order valence-electron chi connectivity index (χ1n) is 7.96. The fourth-order valence-corrected chi connectivity index (χ4v) is 3.93. The van der Waals surface area contributed by atoms with Gasteiger partial charge >= 0.3 is 0 Å². The molecule has 3 heteroatoms. The minimum absolute atomic E-state index is 0.111. The van der Waals surface area contributed by atoms with Crippen LogP contribution in [0.5, 0.6) is 0 Å². The second-order valence-corrected chi connectivity index (χ2v) is 6.77. The molecular weight excluding hydrogens is 260 g/mol. The van der Waals surface area contributed by atoms with Crippen molar-refractivity contribution >= 4 is 11.6 Å². The van der Waals surface area contributed by atoms with Crippen molar-refractivity contribution < 1.29 is 4.79 Å². The summed E-state index contributed by atoms with van der Waals surface area (Å²) in [7, 11) is 0. The highest BCUT2D eigenvalue weighted by molar-refractivity contribution is 5.95. The summed E-state index contributed by atoms with van der Waals surface area (Å²) in [4.78, 5) is 12.2. The number of carbonyl (C=O) groups is 1. The van der Waals surface area contributed by atoms with E-state index < -0.39 is 0 Å². The molecule has 1 N–H and O–H groups in total. The molecule has 3 atom stereocenters. The predicted molar refractivity (Wildman–Crippen MR) is 85.4 cm³/mol. The van der Waals surface area contributed by atoms with E-state index in [1.807, 2.05) is 25.1 Å². The first-order chi connectivity index (χ1) is 10.0. The zero-order valence-electron chi connectivity index (χ0n) is 13.1. The molecule has 2 aliphatic rings. The highest BCUT2D eigenvalue weighted by Crippen LogP contribution is 2.48. The zero-order valence-corrected chi connectivity index (χ0v) is 13.1. The van der Waals surface area contributed by atoms with E-state index in [1.54, 1.807) is 0 Å². The van der Waals surface area contributed by atoms with Crippen LogP contribution >= 0.6 is 0 Å². The minimum atomic E-state index is -0.111. The fourth-order valence-electron chi connectivity index (χ4n) is 3.93. The molecule has 2 bridgehead atoms. The van der Waals surface area contributed by atoms with Crippen LogP contribution < -0.4 is 5.43 Å². The average Bonchev–Trinajstić information content (AvgIpc) is 3.10. The zero-order chi connectivity index (χ0) is 15.0. The second-order valence-electron chi connectivity index (χ2n) is 6.77. The molecule has 0 saturated heterocycles. The Bertz CT molecular complexity index is 591. The molecule has 112 valence electrons. The van der Waals surface area contributed by atoms with Crippen molar-refractivity contribution in [3.63, 3.8) is 0 Å². The van der Waals surface area contributed by atoms with Crippen molar-refractivity contribution in [3.05, 3.63) is 34.9 Å². The highest BCUT2D eigenvalue weighted by Gasteiger charge is 2.40. The van der Waals surface area contributed by atoms with Crippen molar-refractivity contribution in [2.75, 3.05) is 0 Å². The summed E-state index contributed by atoms with van der Waals surface area (Å²) in [5.41, 5.74) is 6.85. The Labute approximate surface area is 126 Å². The van der Waals surface area contributed by atoms with E-state index in [1.165, 1.54) is 31.2 Å². The van der Waals surface area contributed by atoms with Gasteiger partial charge in [-0.05, 0) is 75.1 Å². The Kier molecular flexibility index (Phi) is 3.83. The van der Waals surface area contributed by atoms with Gasteiger partial charge in [0, 0.05) is 17.2 Å². The number of hydrogen-bond donors (Lipinski definition) is 1. The van der Waals surface area contributed by atoms with Crippen LogP contribution in [-0.2, 0) is 0 Å². The number of nitrogens with one attached hydrogen (secondary N) is 1. The molecular formula is C18H24N2O. The first kappa shape index (κ1) is 14.3. The maximum atomic E-state index is 12.2. The molecule has 3 rings (SSSR count). The largest absolute Gasteiger partial charge is 0.271 e. The van der Waals surface area contributed by atoms with E-state index in [0.717, 1.165) is 23.1 Å². The number of fused-ring (bicyclic) bond motifs is 2. The van der Waals surface area contributed by atoms with Gasteiger partial charge in [-0.2, -0.15) is 5.10 Å². The predicted octanol–water partition coefficient (Wildman–Crippen LogP) is 3.85. The molecule has 2 saturated carbocycles. The van der Waals surface area contributed by atoms with Gasteiger partial charge in [0.05, 0.1) is 0 Å². The van der Waals surface area contributed by atoms with E-state index in [-0.39, 0.29) is 5.91 Å². The number of amides is 1. The van der Waals surface area contributed by atoms with Crippen molar-refractivity contribution in [1.29, 1.82) is 0 Å². The maximum absolute atomic E-state index is 12.2. The number of nitrogens with zero attached hydrogens (tertiary/aromatic N) is 1. The molecule has 2 aliphatic carbocycles. The summed E-state index contributed by atoms with van der Waals surface area (Å²) < 4.78 is 0. The van der Waals surface area contributed by atoms with Crippen LogP contribution in [0, 0.1) is 31.6 Å². The summed E-state index contributed by atoms with van der Waals surface area (Å²) in [6.45, 7) is 6.14. The van der Waals surface area contributed by atoms with E-state index >= 15 is 0 Å². The number of rotatable bonds is 3. The molecule has 0 spiro atoms. The standard InChI is InChI=1S/C18H24N2O/c1-11-4-6-16(8-12(11)2)18(21)20-19-13(3)17-10-14-5-7-15(17)9-14/h4,6,8,14-15,17H,5,7,9-10H2,1-3H3,(H,20,21)/b19-13-/t14-,15-,17-/m0/s1. The van der Waals surface area contributed by atoms with Crippen LogP contribution in [0.3, 0.4) is 0 Å². The lowest BCUT2D eigenvalue weighted by Crippen LogP contribution is -2.24. The lowest BCUT2D eigenvalue weighted by Gasteiger charge is -2.21. The Morgan fingerprint density at radius 3 is 2.62 bits per heavy atom. The minimum Gasteiger partial charge on any atom is -0.267 e. The normalized spacial score (nSPS) is 28.0. The van der Waals surface area contributed by atoms with Crippen LogP contribution in [0.4, 0.5) is 0 Å². The van der Waals surface area contributed by atoms with Gasteiger partial charge in [-0.15, -0.1) is 0 Å². The third-order valence-electron chi connectivity index (χ3n) is 5.38. The molecule has 0 radical (unpaired) electrons. The Morgan fingerprint density at radius 2 is 2.00 bits per heavy atom. The first-order valence-corrected chi connectivity index (χ1v) is 7.96. The van der Waals surface area contributed by atoms with Crippen molar-refractivity contribution in [1.82, 2.24) is 5.43 Å². The number of benzene rings is 1. The van der Waals surface area contributed by atoms with Crippen LogP contribution in [0.1, 0.15) is 54.1 Å². The van der Waals surface area contributed by atoms with Gasteiger partial charge in [-0.1, -0.05) is 12.5 Å². The van der Waals surface area contributed by atoms with Gasteiger partial charge in [0.1, 0.15) is 0 Å². The Morgan fingerprint density at radius 1 is 1.19 bits per heavy atom. The molecule has 0 aromatic heterocycles. The van der Waals surface area contributed by atoms with E-state index in [0.29, 0.717) is 11.5 Å². The Balaban J connectivity index is 1.64. The summed E-state index contributed by atoms with van der Waals surface area (Å²) in [6.07, 6.45) is 5.36. The average molecular weight is 284 g/mol. The molecule has 0 unspecified atom stereocenters. The quantitative estimate of drug-likeness (QED) is 0.665. The summed E-state index contributed by atoms with van der Waals surface area (Å²) in [5.74, 6) is 2.18. The van der Waals surface area contributed by atoms with Gasteiger partial charge < -0.3 is 0 Å². The third kappa shape index (κ3) is 2.87. The summed E-state index contributed by atoms with van der Waals surface area (Å²) >= 11 is 0. The molecule has 2 fully saturated rings. The van der Waals surface area contributed by atoms with Crippen molar-refractivity contribution in [2.24, 2.45) is 22.9 Å². The van der Waals surface area contributed by atoms with Gasteiger partial charge in [-0.3, -0.25) is 4.79 Å². The number of carbonyl (C=O) groups excluding carboxylic acids is 1. The van der Waals surface area contributed by atoms with Crippen molar-refractivity contribution in [2.45, 2.75) is 46.5 Å². The summed E-state index contributed by atoms with van der Waals surface area (Å²) in [5, 5.41) is 4.37. The molecule has 1 amide bonds. The van der Waals surface area contributed by atoms with E-state index in [4.69, 9.17) is 0 Å². The molecule has 0 aliphatic heterocycles. The number of hydrazone groups is 1. The molecule has 0 heterocycles. The summed E-state index contributed by atoms with van der Waals surface area (Å²) in [6, 6.07) is 5.77. The van der Waals surface area contributed by atoms with Crippen LogP contribution in [-0.4, -0.2) is 11.6 Å². The molecule has 21 heavy (non-hydrogen) atoms. The molecule has 1 aromatic carbocycles. The maximum Gasteiger partial charge on any atom is 0.271 e. The lowest BCUT2D eigenvalue weighted by atomic mass is 9.86. The van der Waals surface area contributed by atoms with Crippen LogP contribution in [0.15, 0.2) is 23.3 Å². The smallest absolute Gasteiger partial charge is 0.267 e.